The number of rotatable bonds is 4. The van der Waals surface area contributed by atoms with Crippen molar-refractivity contribution in [2.75, 3.05) is 42.3 Å². The van der Waals surface area contributed by atoms with Crippen LogP contribution in [0.4, 0.5) is 16.5 Å². The molecule has 1 aliphatic heterocycles. The van der Waals surface area contributed by atoms with Gasteiger partial charge in [0.05, 0.1) is 9.58 Å². The van der Waals surface area contributed by atoms with Crippen LogP contribution < -0.4 is 15.1 Å². The Morgan fingerprint density at radius 2 is 1.85 bits per heavy atom. The number of anilines is 3. The second-order valence-electron chi connectivity index (χ2n) is 6.72. The highest BCUT2D eigenvalue weighted by Crippen LogP contribution is 2.34. The first-order chi connectivity index (χ1) is 12.6. The van der Waals surface area contributed by atoms with Gasteiger partial charge in [-0.1, -0.05) is 11.3 Å². The Morgan fingerprint density at radius 3 is 2.50 bits per heavy atom. The molecule has 136 valence electrons. The maximum absolute atomic E-state index is 12.5. The van der Waals surface area contributed by atoms with E-state index in [4.69, 9.17) is 0 Å². The van der Waals surface area contributed by atoms with Crippen LogP contribution in [0.15, 0.2) is 30.3 Å². The van der Waals surface area contributed by atoms with Crippen LogP contribution in [0.1, 0.15) is 28.9 Å². The lowest BCUT2D eigenvalue weighted by Crippen LogP contribution is -2.29. The number of aromatic nitrogens is 1. The molecule has 0 spiro atoms. The lowest BCUT2D eigenvalue weighted by Gasteiger charge is -2.28. The maximum Gasteiger partial charge on any atom is 0.265 e. The van der Waals surface area contributed by atoms with Crippen LogP contribution in [0.3, 0.4) is 0 Å². The minimum absolute atomic E-state index is 0.0719. The van der Waals surface area contributed by atoms with Gasteiger partial charge < -0.3 is 15.1 Å². The van der Waals surface area contributed by atoms with Gasteiger partial charge in [0.25, 0.3) is 5.91 Å². The molecule has 1 aliphatic rings. The summed E-state index contributed by atoms with van der Waals surface area (Å²) in [7, 11) is 3.95. The number of nitrogens with zero attached hydrogens (tertiary/aromatic N) is 3. The average Bonchev–Trinajstić information content (AvgIpc) is 3.22. The van der Waals surface area contributed by atoms with Gasteiger partial charge in [-0.25, -0.2) is 4.98 Å². The number of hydrogen-bond acceptors (Lipinski definition) is 6. The Morgan fingerprint density at radius 1 is 1.12 bits per heavy atom. The van der Waals surface area contributed by atoms with E-state index in [1.54, 1.807) is 11.3 Å². The minimum atomic E-state index is -0.0719. The number of hydrogen-bond donors (Lipinski definition) is 1. The first-order valence-corrected chi connectivity index (χ1v) is 10.5. The molecule has 0 saturated carbocycles. The molecule has 0 radical (unpaired) electrons. The largest absolute Gasteiger partial charge is 0.372 e. The van der Waals surface area contributed by atoms with Crippen LogP contribution in [-0.2, 0) is 0 Å². The van der Waals surface area contributed by atoms with Crippen molar-refractivity contribution in [3.63, 3.8) is 0 Å². The standard InChI is InChI=1S/C19H22N4OS2/c1-22(2)19-21-18-16(26-19)12-15(25-18)17(24)20-13-6-8-14(9-7-13)23-10-4-3-5-11-23/h6-9,12H,3-5,10-11H2,1-2H3,(H,20,24). The molecule has 4 rings (SSSR count). The number of piperidine rings is 1. The van der Waals surface area contributed by atoms with E-state index < -0.39 is 0 Å². The van der Waals surface area contributed by atoms with Gasteiger partial charge in [0.1, 0.15) is 4.83 Å². The molecule has 2 aromatic heterocycles. The highest BCUT2D eigenvalue weighted by atomic mass is 32.1. The molecular weight excluding hydrogens is 364 g/mol. The van der Waals surface area contributed by atoms with E-state index >= 15 is 0 Å². The molecule has 0 atom stereocenters. The number of benzene rings is 1. The third kappa shape index (κ3) is 3.54. The zero-order valence-corrected chi connectivity index (χ0v) is 16.6. The molecule has 5 nitrogen and oxygen atoms in total. The summed E-state index contributed by atoms with van der Waals surface area (Å²) in [4.78, 5) is 23.1. The number of carbonyl (C=O) groups excluding carboxylic acids is 1. The molecule has 1 amide bonds. The molecule has 0 aliphatic carbocycles. The summed E-state index contributed by atoms with van der Waals surface area (Å²) in [5.41, 5.74) is 2.06. The second-order valence-corrected chi connectivity index (χ2v) is 8.76. The number of nitrogens with one attached hydrogen (secondary N) is 1. The summed E-state index contributed by atoms with van der Waals surface area (Å²) in [6.45, 7) is 2.25. The molecule has 26 heavy (non-hydrogen) atoms. The van der Waals surface area contributed by atoms with Crippen LogP contribution in [0.5, 0.6) is 0 Å². The van der Waals surface area contributed by atoms with Crippen LogP contribution in [-0.4, -0.2) is 38.1 Å². The maximum atomic E-state index is 12.5. The minimum Gasteiger partial charge on any atom is -0.372 e. The van der Waals surface area contributed by atoms with Gasteiger partial charge in [0.2, 0.25) is 0 Å². The Hall–Kier alpha value is -2.12. The van der Waals surface area contributed by atoms with Crippen LogP contribution >= 0.6 is 22.7 Å². The van der Waals surface area contributed by atoms with Gasteiger partial charge in [-0.2, -0.15) is 0 Å². The molecule has 7 heteroatoms. The van der Waals surface area contributed by atoms with E-state index in [9.17, 15) is 4.79 Å². The number of carbonyl (C=O) groups is 1. The lowest BCUT2D eigenvalue weighted by molar-refractivity contribution is 0.103. The van der Waals surface area contributed by atoms with Gasteiger partial charge in [-0.05, 0) is 49.6 Å². The van der Waals surface area contributed by atoms with E-state index in [2.05, 4.69) is 27.3 Å². The van der Waals surface area contributed by atoms with Crippen molar-refractivity contribution in [2.45, 2.75) is 19.3 Å². The molecule has 3 heterocycles. The molecule has 0 bridgehead atoms. The molecule has 3 aromatic rings. The Bertz CT molecular complexity index is 876. The SMILES string of the molecule is CN(C)c1nc2sc(C(=O)Nc3ccc(N4CCCCC4)cc3)cc2s1. The van der Waals surface area contributed by atoms with Gasteiger partial charge in [-0.3, -0.25) is 4.79 Å². The zero-order valence-electron chi connectivity index (χ0n) is 15.0. The Kier molecular flexibility index (Phi) is 4.82. The van der Waals surface area contributed by atoms with E-state index in [-0.39, 0.29) is 5.91 Å². The fourth-order valence-corrected chi connectivity index (χ4v) is 5.16. The van der Waals surface area contributed by atoms with Crippen LogP contribution in [0, 0.1) is 0 Å². The van der Waals surface area contributed by atoms with Crippen molar-refractivity contribution in [1.82, 2.24) is 4.98 Å². The zero-order chi connectivity index (χ0) is 18.1. The van der Waals surface area contributed by atoms with E-state index in [0.29, 0.717) is 4.88 Å². The first kappa shape index (κ1) is 17.3. The van der Waals surface area contributed by atoms with Crippen molar-refractivity contribution in [2.24, 2.45) is 0 Å². The fourth-order valence-electron chi connectivity index (χ4n) is 3.13. The molecule has 1 N–H and O–H groups in total. The summed E-state index contributed by atoms with van der Waals surface area (Å²) in [5.74, 6) is -0.0719. The summed E-state index contributed by atoms with van der Waals surface area (Å²) in [5, 5.41) is 3.96. The number of amides is 1. The number of fused-ring (bicyclic) bond motifs is 1. The number of thiophene rings is 1. The highest BCUT2D eigenvalue weighted by molar-refractivity contribution is 7.29. The van der Waals surface area contributed by atoms with Gasteiger partial charge in [0.15, 0.2) is 5.13 Å². The average molecular weight is 387 g/mol. The topological polar surface area (TPSA) is 48.5 Å². The summed E-state index contributed by atoms with van der Waals surface area (Å²) < 4.78 is 1.06. The fraction of sp³-hybridized carbons (Fsp3) is 0.368. The van der Waals surface area contributed by atoms with Crippen molar-refractivity contribution >= 4 is 54.6 Å². The smallest absolute Gasteiger partial charge is 0.265 e. The Labute approximate surface area is 161 Å². The monoisotopic (exact) mass is 386 g/mol. The van der Waals surface area contributed by atoms with Crippen LogP contribution in [0.2, 0.25) is 0 Å². The molecule has 0 unspecified atom stereocenters. The summed E-state index contributed by atoms with van der Waals surface area (Å²) >= 11 is 3.05. The highest BCUT2D eigenvalue weighted by Gasteiger charge is 2.15. The normalized spacial score (nSPS) is 14.6. The third-order valence-corrected chi connectivity index (χ3v) is 6.86. The van der Waals surface area contributed by atoms with E-state index in [1.807, 2.05) is 37.2 Å². The molecule has 1 saturated heterocycles. The predicted octanol–water partition coefficient (Wildman–Crippen LogP) is 4.67. The van der Waals surface area contributed by atoms with Gasteiger partial charge in [0, 0.05) is 38.6 Å². The first-order valence-electron chi connectivity index (χ1n) is 8.84. The summed E-state index contributed by atoms with van der Waals surface area (Å²) in [6, 6.07) is 10.1. The van der Waals surface area contributed by atoms with Crippen molar-refractivity contribution in [3.05, 3.63) is 35.2 Å². The van der Waals surface area contributed by atoms with Gasteiger partial charge in [-0.15, -0.1) is 11.3 Å². The molecule has 1 aromatic carbocycles. The lowest BCUT2D eigenvalue weighted by atomic mass is 10.1. The number of thiazole rings is 1. The van der Waals surface area contributed by atoms with Crippen molar-refractivity contribution in [3.8, 4) is 0 Å². The Balaban J connectivity index is 1.44. The van der Waals surface area contributed by atoms with Crippen LogP contribution in [0.25, 0.3) is 9.53 Å². The van der Waals surface area contributed by atoms with E-state index in [1.165, 1.54) is 36.3 Å². The molecular formula is C19H22N4OS2. The summed E-state index contributed by atoms with van der Waals surface area (Å²) in [6.07, 6.45) is 3.85. The van der Waals surface area contributed by atoms with Gasteiger partial charge >= 0.3 is 0 Å². The quantitative estimate of drug-likeness (QED) is 0.708. The third-order valence-electron chi connectivity index (χ3n) is 4.53. The predicted molar refractivity (Wildman–Crippen MR) is 112 cm³/mol. The molecule has 1 fully saturated rings. The second kappa shape index (κ2) is 7.25. The van der Waals surface area contributed by atoms with E-state index in [0.717, 1.165) is 33.4 Å². The van der Waals surface area contributed by atoms with Crippen molar-refractivity contribution in [1.29, 1.82) is 0 Å². The van der Waals surface area contributed by atoms with Crippen molar-refractivity contribution < 1.29 is 4.79 Å².